The van der Waals surface area contributed by atoms with Gasteiger partial charge in [-0.25, -0.2) is 0 Å². The van der Waals surface area contributed by atoms with Crippen molar-refractivity contribution in [1.82, 2.24) is 9.80 Å². The predicted molar refractivity (Wildman–Crippen MR) is 118 cm³/mol. The first-order valence-corrected chi connectivity index (χ1v) is 10.9. The van der Waals surface area contributed by atoms with Gasteiger partial charge in [0.2, 0.25) is 0 Å². The summed E-state index contributed by atoms with van der Waals surface area (Å²) in [6.45, 7) is 5.95. The van der Waals surface area contributed by atoms with E-state index in [-0.39, 0.29) is 6.61 Å². The lowest BCUT2D eigenvalue weighted by Gasteiger charge is -2.23. The van der Waals surface area contributed by atoms with Crippen molar-refractivity contribution in [1.29, 1.82) is 0 Å². The number of likely N-dealkylation sites (N-methyl/N-ethyl adjacent to an activating group) is 1. The minimum Gasteiger partial charge on any atom is -0.396 e. The van der Waals surface area contributed by atoms with Gasteiger partial charge in [0.05, 0.1) is 6.61 Å². The number of thiophene rings is 1. The number of nitrogens with zero attached hydrogens (tertiary/aromatic N) is 2. The molecule has 2 atom stereocenters. The Balaban J connectivity index is 1.50. The molecule has 2 heterocycles. The van der Waals surface area contributed by atoms with Crippen LogP contribution in [0.4, 0.5) is 0 Å². The molecule has 1 saturated heterocycles. The van der Waals surface area contributed by atoms with Crippen LogP contribution in [0, 0.1) is 11.8 Å². The Morgan fingerprint density at radius 3 is 2.71 bits per heavy atom. The van der Waals surface area contributed by atoms with Crippen LogP contribution in [-0.4, -0.2) is 68.5 Å². The fourth-order valence-electron chi connectivity index (χ4n) is 4.49. The van der Waals surface area contributed by atoms with Crippen LogP contribution < -0.4 is 0 Å². The van der Waals surface area contributed by atoms with Crippen molar-refractivity contribution >= 4 is 31.5 Å². The van der Waals surface area contributed by atoms with E-state index in [2.05, 4.69) is 59.3 Å². The number of hydrogen-bond donors (Lipinski definition) is 1. The van der Waals surface area contributed by atoms with Crippen LogP contribution in [0.1, 0.15) is 5.56 Å². The average molecular weight is 399 g/mol. The van der Waals surface area contributed by atoms with Gasteiger partial charge in [-0.3, -0.25) is 4.90 Å². The number of likely N-dealkylation sites (tertiary alicyclic amines) is 1. The Hall–Kier alpha value is -1.50. The Kier molecular flexibility index (Phi) is 6.28. The summed E-state index contributed by atoms with van der Waals surface area (Å²) in [4.78, 5) is 4.85. The molecular formula is C23H30N2O2S. The zero-order valence-electron chi connectivity index (χ0n) is 16.8. The number of aliphatic hydroxyl groups excluding tert-OH is 1. The number of aliphatic hydroxyl groups is 1. The van der Waals surface area contributed by atoms with Gasteiger partial charge in [-0.2, -0.15) is 0 Å². The lowest BCUT2D eigenvalue weighted by molar-refractivity contribution is 0.136. The molecule has 150 valence electrons. The molecule has 0 radical (unpaired) electrons. The van der Waals surface area contributed by atoms with E-state index < -0.39 is 0 Å². The molecule has 0 aliphatic carbocycles. The van der Waals surface area contributed by atoms with Crippen LogP contribution in [0.2, 0.25) is 0 Å². The van der Waals surface area contributed by atoms with Gasteiger partial charge in [-0.1, -0.05) is 36.4 Å². The molecule has 0 saturated carbocycles. The summed E-state index contributed by atoms with van der Waals surface area (Å²) in [5.41, 5.74) is 1.41. The number of ether oxygens (including phenoxy) is 1. The summed E-state index contributed by atoms with van der Waals surface area (Å²) in [7, 11) is 3.89. The second-order valence-corrected chi connectivity index (χ2v) is 9.10. The predicted octanol–water partition coefficient (Wildman–Crippen LogP) is 3.67. The molecular weight excluding hydrogens is 368 g/mol. The summed E-state index contributed by atoms with van der Waals surface area (Å²) in [6.07, 6.45) is 0. The van der Waals surface area contributed by atoms with Crippen LogP contribution in [-0.2, 0) is 11.3 Å². The average Bonchev–Trinajstić information content (AvgIpc) is 3.28. The van der Waals surface area contributed by atoms with Gasteiger partial charge < -0.3 is 14.7 Å². The Bertz CT molecular complexity index is 925. The third kappa shape index (κ3) is 4.09. The fourth-order valence-corrected chi connectivity index (χ4v) is 5.69. The van der Waals surface area contributed by atoms with Crippen LogP contribution in [0.15, 0.2) is 42.5 Å². The summed E-state index contributed by atoms with van der Waals surface area (Å²) < 4.78 is 7.96. The minimum atomic E-state index is 0.270. The van der Waals surface area contributed by atoms with E-state index in [1.807, 2.05) is 11.3 Å². The van der Waals surface area contributed by atoms with E-state index in [1.165, 1.54) is 25.7 Å². The van der Waals surface area contributed by atoms with Gasteiger partial charge in [-0.05, 0) is 30.5 Å². The van der Waals surface area contributed by atoms with Gasteiger partial charge in [0.25, 0.3) is 0 Å². The second kappa shape index (κ2) is 8.89. The second-order valence-electron chi connectivity index (χ2n) is 8.04. The summed E-state index contributed by atoms with van der Waals surface area (Å²) in [5.74, 6) is 0.861. The topological polar surface area (TPSA) is 35.9 Å². The molecule has 28 heavy (non-hydrogen) atoms. The molecule has 1 N–H and O–H groups in total. The lowest BCUT2D eigenvalue weighted by Crippen LogP contribution is -2.33. The maximum absolute atomic E-state index is 9.91. The summed E-state index contributed by atoms with van der Waals surface area (Å²) in [6, 6.07) is 15.4. The van der Waals surface area contributed by atoms with Crippen LogP contribution in [0.3, 0.4) is 0 Å². The molecule has 1 fully saturated rings. The molecule has 3 aromatic rings. The highest BCUT2D eigenvalue weighted by molar-refractivity contribution is 7.26. The van der Waals surface area contributed by atoms with Crippen molar-refractivity contribution in [3.63, 3.8) is 0 Å². The van der Waals surface area contributed by atoms with Crippen LogP contribution >= 0.6 is 11.3 Å². The first-order chi connectivity index (χ1) is 13.7. The summed E-state index contributed by atoms with van der Waals surface area (Å²) in [5, 5.41) is 12.6. The highest BCUT2D eigenvalue weighted by atomic mass is 32.1. The lowest BCUT2D eigenvalue weighted by atomic mass is 9.96. The fraction of sp³-hybridized carbons (Fsp3) is 0.478. The Morgan fingerprint density at radius 2 is 1.89 bits per heavy atom. The van der Waals surface area contributed by atoms with E-state index in [0.717, 1.165) is 39.3 Å². The minimum absolute atomic E-state index is 0.270. The van der Waals surface area contributed by atoms with Crippen molar-refractivity contribution in [2.24, 2.45) is 11.8 Å². The molecule has 0 amide bonds. The van der Waals surface area contributed by atoms with Crippen molar-refractivity contribution in [3.8, 4) is 0 Å². The number of rotatable bonds is 8. The highest BCUT2D eigenvalue weighted by Gasteiger charge is 2.33. The zero-order chi connectivity index (χ0) is 19.5. The monoisotopic (exact) mass is 398 g/mol. The first kappa shape index (κ1) is 19.8. The molecule has 1 aromatic heterocycles. The van der Waals surface area contributed by atoms with Crippen LogP contribution in [0.5, 0.6) is 0 Å². The summed E-state index contributed by atoms with van der Waals surface area (Å²) >= 11 is 1.90. The molecule has 2 aromatic carbocycles. The van der Waals surface area contributed by atoms with Crippen molar-refractivity contribution in [2.75, 3.05) is 53.6 Å². The number of fused-ring (bicyclic) bond motifs is 3. The quantitative estimate of drug-likeness (QED) is 0.628. The maximum Gasteiger partial charge on any atom is 0.0589 e. The van der Waals surface area contributed by atoms with E-state index in [4.69, 9.17) is 4.74 Å². The molecule has 1 aliphatic rings. The van der Waals surface area contributed by atoms with E-state index in [0.29, 0.717) is 11.8 Å². The van der Waals surface area contributed by atoms with Gasteiger partial charge in [-0.15, -0.1) is 11.3 Å². The molecule has 1 aliphatic heterocycles. The van der Waals surface area contributed by atoms with E-state index >= 15 is 0 Å². The van der Waals surface area contributed by atoms with Crippen LogP contribution in [0.25, 0.3) is 20.2 Å². The highest BCUT2D eigenvalue weighted by Crippen LogP contribution is 2.36. The van der Waals surface area contributed by atoms with Gasteiger partial charge in [0.15, 0.2) is 0 Å². The number of methoxy groups -OCH3 is 1. The van der Waals surface area contributed by atoms with Crippen molar-refractivity contribution < 1.29 is 9.84 Å². The maximum atomic E-state index is 9.91. The molecule has 4 nitrogen and oxygen atoms in total. The normalized spacial score (nSPS) is 20.7. The molecule has 0 bridgehead atoms. The molecule has 0 unspecified atom stereocenters. The van der Waals surface area contributed by atoms with E-state index in [1.54, 1.807) is 7.11 Å². The number of hydrogen-bond acceptors (Lipinski definition) is 5. The molecule has 5 heteroatoms. The van der Waals surface area contributed by atoms with E-state index in [9.17, 15) is 5.11 Å². The third-order valence-electron chi connectivity index (χ3n) is 5.99. The van der Waals surface area contributed by atoms with Crippen molar-refractivity contribution in [2.45, 2.75) is 6.54 Å². The Morgan fingerprint density at radius 1 is 1.11 bits per heavy atom. The SMILES string of the molecule is COCCN(C)C[C@@H]1CN(Cc2cccc3c2sc2ccccc23)C[C@@H]1CO. The smallest absolute Gasteiger partial charge is 0.0589 e. The largest absolute Gasteiger partial charge is 0.396 e. The third-order valence-corrected chi connectivity index (χ3v) is 7.25. The molecule has 4 rings (SSSR count). The first-order valence-electron chi connectivity index (χ1n) is 10.1. The number of benzene rings is 2. The van der Waals surface area contributed by atoms with Crippen molar-refractivity contribution in [3.05, 3.63) is 48.0 Å². The van der Waals surface area contributed by atoms with Gasteiger partial charge in [0.1, 0.15) is 0 Å². The standard InChI is InChI=1S/C23H30N2O2S/c1-24(10-11-27-2)12-18-14-25(15-19(18)16-26)13-17-6-5-8-21-20-7-3-4-9-22(20)28-23(17)21/h3-9,18-19,26H,10-16H2,1-2H3/t18-,19-/m1/s1. The molecule has 0 spiro atoms. The van der Waals surface area contributed by atoms with Gasteiger partial charge >= 0.3 is 0 Å². The van der Waals surface area contributed by atoms with Gasteiger partial charge in [0, 0.05) is 66.6 Å². The Labute approximate surface area is 171 Å². The zero-order valence-corrected chi connectivity index (χ0v) is 17.6.